The van der Waals surface area contributed by atoms with E-state index in [1.165, 1.54) is 6.20 Å². The molecule has 1 N–H and O–H groups in total. The van der Waals surface area contributed by atoms with E-state index in [2.05, 4.69) is 30.2 Å². The van der Waals surface area contributed by atoms with E-state index < -0.39 is 5.82 Å². The summed E-state index contributed by atoms with van der Waals surface area (Å²) < 4.78 is 13.8. The lowest BCUT2D eigenvalue weighted by atomic mass is 10.2. The number of pyridine rings is 1. The SMILES string of the molecule is CNc1nc(-c2ccncc2F)nc(N2CCCC2)n1. The van der Waals surface area contributed by atoms with Crippen LogP contribution < -0.4 is 10.2 Å². The highest BCUT2D eigenvalue weighted by atomic mass is 19.1. The molecule has 0 radical (unpaired) electrons. The molecule has 6 nitrogen and oxygen atoms in total. The van der Waals surface area contributed by atoms with E-state index in [0.29, 0.717) is 23.3 Å². The maximum atomic E-state index is 13.8. The Morgan fingerprint density at radius 3 is 2.70 bits per heavy atom. The van der Waals surface area contributed by atoms with Crippen molar-refractivity contribution in [2.45, 2.75) is 12.8 Å². The van der Waals surface area contributed by atoms with Crippen molar-refractivity contribution in [3.8, 4) is 11.4 Å². The molecule has 0 saturated carbocycles. The van der Waals surface area contributed by atoms with Crippen molar-refractivity contribution in [3.63, 3.8) is 0 Å². The Labute approximate surface area is 116 Å². The fraction of sp³-hybridized carbons (Fsp3) is 0.385. The van der Waals surface area contributed by atoms with Crippen molar-refractivity contribution < 1.29 is 4.39 Å². The molecule has 0 unspecified atom stereocenters. The molecular weight excluding hydrogens is 259 g/mol. The number of hydrogen-bond donors (Lipinski definition) is 1. The maximum Gasteiger partial charge on any atom is 0.230 e. The van der Waals surface area contributed by atoms with E-state index in [-0.39, 0.29) is 0 Å². The average Bonchev–Trinajstić information content (AvgIpc) is 3.01. The summed E-state index contributed by atoms with van der Waals surface area (Å²) in [5, 5.41) is 2.89. The van der Waals surface area contributed by atoms with Gasteiger partial charge in [-0.1, -0.05) is 0 Å². The van der Waals surface area contributed by atoms with Gasteiger partial charge in [0.2, 0.25) is 11.9 Å². The second-order valence-electron chi connectivity index (χ2n) is 4.58. The highest BCUT2D eigenvalue weighted by molar-refractivity contribution is 5.58. The summed E-state index contributed by atoms with van der Waals surface area (Å²) in [5.41, 5.74) is 0.333. The van der Waals surface area contributed by atoms with Gasteiger partial charge in [-0.3, -0.25) is 4.98 Å². The molecule has 0 spiro atoms. The zero-order chi connectivity index (χ0) is 13.9. The smallest absolute Gasteiger partial charge is 0.230 e. The zero-order valence-corrected chi connectivity index (χ0v) is 11.2. The summed E-state index contributed by atoms with van der Waals surface area (Å²) in [5.74, 6) is 0.917. The first-order valence-electron chi connectivity index (χ1n) is 6.56. The van der Waals surface area contributed by atoms with Gasteiger partial charge in [0.15, 0.2) is 11.6 Å². The van der Waals surface area contributed by atoms with Crippen LogP contribution in [0.25, 0.3) is 11.4 Å². The summed E-state index contributed by atoms with van der Waals surface area (Å²) in [7, 11) is 1.73. The standard InChI is InChI=1S/C13H15FN6/c1-15-12-17-11(9-4-5-16-8-10(9)14)18-13(19-12)20-6-2-3-7-20/h4-5,8H,2-3,6-7H2,1H3,(H,15,17,18,19). The van der Waals surface area contributed by atoms with Crippen molar-refractivity contribution in [3.05, 3.63) is 24.3 Å². The third-order valence-corrected chi connectivity index (χ3v) is 3.25. The minimum Gasteiger partial charge on any atom is -0.357 e. The number of hydrogen-bond acceptors (Lipinski definition) is 6. The monoisotopic (exact) mass is 274 g/mol. The van der Waals surface area contributed by atoms with Crippen molar-refractivity contribution in [2.24, 2.45) is 0 Å². The van der Waals surface area contributed by atoms with Crippen LogP contribution in [0.15, 0.2) is 18.5 Å². The quantitative estimate of drug-likeness (QED) is 0.919. The molecule has 104 valence electrons. The predicted molar refractivity (Wildman–Crippen MR) is 74.0 cm³/mol. The van der Waals surface area contributed by atoms with Crippen molar-refractivity contribution in [2.75, 3.05) is 30.4 Å². The van der Waals surface area contributed by atoms with Crippen molar-refractivity contribution in [1.82, 2.24) is 19.9 Å². The van der Waals surface area contributed by atoms with Crippen LogP contribution in [0.4, 0.5) is 16.3 Å². The van der Waals surface area contributed by atoms with Crippen molar-refractivity contribution in [1.29, 1.82) is 0 Å². The largest absolute Gasteiger partial charge is 0.357 e. The van der Waals surface area contributed by atoms with Crippen LogP contribution in [0, 0.1) is 5.82 Å². The van der Waals surface area contributed by atoms with Crippen LogP contribution in [0.1, 0.15) is 12.8 Å². The molecule has 2 aromatic rings. The third-order valence-electron chi connectivity index (χ3n) is 3.25. The van der Waals surface area contributed by atoms with Crippen LogP contribution in [-0.4, -0.2) is 40.1 Å². The lowest BCUT2D eigenvalue weighted by Crippen LogP contribution is -2.21. The van der Waals surface area contributed by atoms with Crippen LogP contribution in [0.2, 0.25) is 0 Å². The van der Waals surface area contributed by atoms with Crippen LogP contribution in [0.5, 0.6) is 0 Å². The molecule has 1 saturated heterocycles. The molecule has 3 rings (SSSR count). The molecule has 1 aliphatic rings. The number of anilines is 2. The van der Waals surface area contributed by atoms with E-state index >= 15 is 0 Å². The van der Waals surface area contributed by atoms with Gasteiger partial charge in [-0.2, -0.15) is 15.0 Å². The van der Waals surface area contributed by atoms with E-state index in [0.717, 1.165) is 32.1 Å². The van der Waals surface area contributed by atoms with Gasteiger partial charge in [0, 0.05) is 26.3 Å². The van der Waals surface area contributed by atoms with Gasteiger partial charge in [-0.25, -0.2) is 4.39 Å². The molecule has 20 heavy (non-hydrogen) atoms. The normalized spacial score (nSPS) is 14.6. The predicted octanol–water partition coefficient (Wildman–Crippen LogP) is 1.71. The molecule has 3 heterocycles. The number of halogens is 1. The fourth-order valence-electron chi connectivity index (χ4n) is 2.21. The highest BCUT2D eigenvalue weighted by Crippen LogP contribution is 2.23. The molecule has 1 aliphatic heterocycles. The first-order valence-corrected chi connectivity index (χ1v) is 6.56. The van der Waals surface area contributed by atoms with Gasteiger partial charge < -0.3 is 10.2 Å². The summed E-state index contributed by atoms with van der Waals surface area (Å²) in [6, 6.07) is 1.57. The molecular formula is C13H15FN6. The highest BCUT2D eigenvalue weighted by Gasteiger charge is 2.18. The van der Waals surface area contributed by atoms with Crippen LogP contribution in [-0.2, 0) is 0 Å². The van der Waals surface area contributed by atoms with Gasteiger partial charge in [0.25, 0.3) is 0 Å². The Hall–Kier alpha value is -2.31. The first-order chi connectivity index (χ1) is 9.78. The average molecular weight is 274 g/mol. The Balaban J connectivity index is 2.06. The van der Waals surface area contributed by atoms with E-state index in [4.69, 9.17) is 0 Å². The number of nitrogens with zero attached hydrogens (tertiary/aromatic N) is 5. The number of nitrogens with one attached hydrogen (secondary N) is 1. The summed E-state index contributed by atoms with van der Waals surface area (Å²) in [4.78, 5) is 18.8. The van der Waals surface area contributed by atoms with Gasteiger partial charge in [0.1, 0.15) is 0 Å². The molecule has 0 amide bonds. The zero-order valence-electron chi connectivity index (χ0n) is 11.2. The third kappa shape index (κ3) is 2.38. The van der Waals surface area contributed by atoms with E-state index in [9.17, 15) is 4.39 Å². The second kappa shape index (κ2) is 5.36. The van der Waals surface area contributed by atoms with Gasteiger partial charge >= 0.3 is 0 Å². The van der Waals surface area contributed by atoms with Crippen molar-refractivity contribution >= 4 is 11.9 Å². The molecule has 0 aliphatic carbocycles. The lowest BCUT2D eigenvalue weighted by molar-refractivity contribution is 0.623. The Morgan fingerprint density at radius 1 is 1.20 bits per heavy atom. The Kier molecular flexibility index (Phi) is 3.41. The first kappa shape index (κ1) is 12.7. The van der Waals surface area contributed by atoms with Gasteiger partial charge in [-0.15, -0.1) is 0 Å². The topological polar surface area (TPSA) is 66.8 Å². The Bertz CT molecular complexity index is 612. The Morgan fingerprint density at radius 2 is 2.00 bits per heavy atom. The molecule has 0 atom stereocenters. The van der Waals surface area contributed by atoms with Gasteiger partial charge in [0.05, 0.1) is 11.8 Å². The summed E-state index contributed by atoms with van der Waals surface area (Å²) >= 11 is 0. The molecule has 2 aromatic heterocycles. The molecule has 7 heteroatoms. The number of rotatable bonds is 3. The summed E-state index contributed by atoms with van der Waals surface area (Å²) in [6.07, 6.45) is 4.93. The van der Waals surface area contributed by atoms with E-state index in [1.807, 2.05) is 0 Å². The number of aromatic nitrogens is 4. The maximum absolute atomic E-state index is 13.8. The van der Waals surface area contributed by atoms with Gasteiger partial charge in [-0.05, 0) is 18.9 Å². The molecule has 0 aromatic carbocycles. The van der Waals surface area contributed by atoms with Crippen LogP contribution >= 0.6 is 0 Å². The second-order valence-corrected chi connectivity index (χ2v) is 4.58. The summed E-state index contributed by atoms with van der Waals surface area (Å²) in [6.45, 7) is 1.84. The molecule has 1 fully saturated rings. The lowest BCUT2D eigenvalue weighted by Gasteiger charge is -2.16. The minimum absolute atomic E-state index is 0.325. The molecule has 0 bridgehead atoms. The minimum atomic E-state index is -0.437. The fourth-order valence-corrected chi connectivity index (χ4v) is 2.21. The van der Waals surface area contributed by atoms with E-state index in [1.54, 1.807) is 13.1 Å². The van der Waals surface area contributed by atoms with Crippen LogP contribution in [0.3, 0.4) is 0 Å².